The van der Waals surface area contributed by atoms with Crippen LogP contribution in [0.3, 0.4) is 0 Å². The van der Waals surface area contributed by atoms with Crippen molar-refractivity contribution in [3.8, 4) is 0 Å². The molecular formula is C29H28N2. The maximum Gasteiger partial charge on any atom is 0.0701 e. The molecule has 2 heteroatoms. The fraction of sp³-hybridized carbons (Fsp3) is 0.172. The first-order valence-corrected chi connectivity index (χ1v) is 11.1. The van der Waals surface area contributed by atoms with E-state index in [1.54, 1.807) is 0 Å². The second-order valence-corrected chi connectivity index (χ2v) is 8.13. The number of hydrogen-bond acceptors (Lipinski definition) is 2. The Morgan fingerprint density at radius 1 is 0.484 bits per heavy atom. The predicted molar refractivity (Wildman–Crippen MR) is 130 cm³/mol. The topological polar surface area (TPSA) is 15.3 Å². The average molecular weight is 405 g/mol. The second-order valence-electron chi connectivity index (χ2n) is 8.13. The molecule has 0 saturated carbocycles. The third-order valence-corrected chi connectivity index (χ3v) is 6.40. The number of nitrogens with one attached hydrogen (secondary N) is 1. The van der Waals surface area contributed by atoms with Gasteiger partial charge in [0.1, 0.15) is 0 Å². The minimum absolute atomic E-state index is 0.369. The molecule has 154 valence electrons. The number of rotatable bonds is 5. The summed E-state index contributed by atoms with van der Waals surface area (Å²) in [6.07, 6.45) is 0. The molecule has 1 heterocycles. The van der Waals surface area contributed by atoms with Crippen LogP contribution in [0.15, 0.2) is 115 Å². The molecule has 0 spiro atoms. The number of piperazine rings is 1. The van der Waals surface area contributed by atoms with Crippen molar-refractivity contribution < 1.29 is 0 Å². The first-order chi connectivity index (χ1) is 15.4. The highest BCUT2D eigenvalue weighted by atomic mass is 15.2. The normalized spacial score (nSPS) is 14.4. The van der Waals surface area contributed by atoms with Crippen molar-refractivity contribution in [3.05, 3.63) is 138 Å². The molecule has 1 fully saturated rings. The van der Waals surface area contributed by atoms with Gasteiger partial charge in [-0.3, -0.25) is 0 Å². The highest BCUT2D eigenvalue weighted by Gasteiger charge is 2.38. The fourth-order valence-corrected chi connectivity index (χ4v) is 4.91. The summed E-state index contributed by atoms with van der Waals surface area (Å²) in [5, 5.41) is 3.44. The molecule has 0 bridgehead atoms. The maximum absolute atomic E-state index is 3.44. The monoisotopic (exact) mass is 404 g/mol. The summed E-state index contributed by atoms with van der Waals surface area (Å²) < 4.78 is 0. The van der Waals surface area contributed by atoms with Crippen LogP contribution in [-0.2, 0) is 5.41 Å². The van der Waals surface area contributed by atoms with Crippen LogP contribution in [0.1, 0.15) is 22.3 Å². The Balaban J connectivity index is 1.72. The SMILES string of the molecule is c1ccc(C(c2ccccc2)(c2ccccc2)c2ccc(N3CCNCC3)cc2)cc1. The van der Waals surface area contributed by atoms with Crippen LogP contribution < -0.4 is 10.2 Å². The largest absolute Gasteiger partial charge is 0.369 e. The average Bonchev–Trinajstić information content (AvgIpc) is 2.88. The Morgan fingerprint density at radius 3 is 1.29 bits per heavy atom. The summed E-state index contributed by atoms with van der Waals surface area (Å²) >= 11 is 0. The Labute approximate surface area is 185 Å². The van der Waals surface area contributed by atoms with E-state index < -0.39 is 0 Å². The van der Waals surface area contributed by atoms with Crippen LogP contribution in [0.5, 0.6) is 0 Å². The number of benzene rings is 4. The molecule has 0 unspecified atom stereocenters. The molecule has 1 aliphatic rings. The Kier molecular flexibility index (Phi) is 5.56. The lowest BCUT2D eigenvalue weighted by atomic mass is 9.65. The van der Waals surface area contributed by atoms with Crippen molar-refractivity contribution in [2.24, 2.45) is 0 Å². The van der Waals surface area contributed by atoms with Crippen molar-refractivity contribution in [2.75, 3.05) is 31.1 Å². The van der Waals surface area contributed by atoms with Gasteiger partial charge in [0, 0.05) is 31.9 Å². The molecule has 0 aliphatic carbocycles. The molecular weight excluding hydrogens is 376 g/mol. The number of anilines is 1. The van der Waals surface area contributed by atoms with E-state index in [9.17, 15) is 0 Å². The summed E-state index contributed by atoms with van der Waals surface area (Å²) in [4.78, 5) is 2.47. The molecule has 2 nitrogen and oxygen atoms in total. The highest BCUT2D eigenvalue weighted by Crippen LogP contribution is 2.45. The van der Waals surface area contributed by atoms with Gasteiger partial charge < -0.3 is 10.2 Å². The van der Waals surface area contributed by atoms with E-state index >= 15 is 0 Å². The van der Waals surface area contributed by atoms with Crippen molar-refractivity contribution in [2.45, 2.75) is 5.41 Å². The minimum Gasteiger partial charge on any atom is -0.369 e. The first kappa shape index (κ1) is 19.6. The molecule has 5 rings (SSSR count). The highest BCUT2D eigenvalue weighted by molar-refractivity contribution is 5.61. The first-order valence-electron chi connectivity index (χ1n) is 11.1. The maximum atomic E-state index is 3.44. The van der Waals surface area contributed by atoms with Gasteiger partial charge in [0.25, 0.3) is 0 Å². The van der Waals surface area contributed by atoms with Gasteiger partial charge in [0.15, 0.2) is 0 Å². The van der Waals surface area contributed by atoms with Crippen molar-refractivity contribution in [1.82, 2.24) is 5.32 Å². The zero-order valence-corrected chi connectivity index (χ0v) is 17.7. The molecule has 1 aliphatic heterocycles. The van der Waals surface area contributed by atoms with Gasteiger partial charge in [-0.2, -0.15) is 0 Å². The lowest BCUT2D eigenvalue weighted by Crippen LogP contribution is -2.43. The van der Waals surface area contributed by atoms with Crippen LogP contribution >= 0.6 is 0 Å². The molecule has 0 atom stereocenters. The predicted octanol–water partition coefficient (Wildman–Crippen LogP) is 5.48. The van der Waals surface area contributed by atoms with Gasteiger partial charge in [-0.05, 0) is 34.4 Å². The standard InChI is InChI=1S/C29H28N2/c1-4-10-24(11-5-1)29(25-12-6-2-7-13-25,26-14-8-3-9-15-26)27-16-18-28(19-17-27)31-22-20-30-21-23-31/h1-19,30H,20-23H2. The van der Waals surface area contributed by atoms with Crippen LogP contribution in [0, 0.1) is 0 Å². The summed E-state index contributed by atoms with van der Waals surface area (Å²) in [5.74, 6) is 0. The van der Waals surface area contributed by atoms with Crippen LogP contribution in [0.4, 0.5) is 5.69 Å². The zero-order valence-electron chi connectivity index (χ0n) is 17.7. The van der Waals surface area contributed by atoms with Gasteiger partial charge in [-0.25, -0.2) is 0 Å². The Bertz CT molecular complexity index is 987. The third kappa shape index (κ3) is 3.64. The van der Waals surface area contributed by atoms with E-state index in [2.05, 4.69) is 125 Å². The number of hydrogen-bond donors (Lipinski definition) is 1. The summed E-state index contributed by atoms with van der Waals surface area (Å²) in [6, 6.07) is 41.9. The minimum atomic E-state index is -0.369. The summed E-state index contributed by atoms with van der Waals surface area (Å²) in [6.45, 7) is 4.20. The van der Waals surface area contributed by atoms with Crippen LogP contribution in [0.25, 0.3) is 0 Å². The second kappa shape index (κ2) is 8.79. The molecule has 1 saturated heterocycles. The Morgan fingerprint density at radius 2 is 0.871 bits per heavy atom. The van der Waals surface area contributed by atoms with Crippen molar-refractivity contribution in [1.29, 1.82) is 0 Å². The van der Waals surface area contributed by atoms with E-state index in [0.717, 1.165) is 26.2 Å². The van der Waals surface area contributed by atoms with Crippen LogP contribution in [0.2, 0.25) is 0 Å². The summed E-state index contributed by atoms with van der Waals surface area (Å²) in [5.41, 5.74) is 6.06. The summed E-state index contributed by atoms with van der Waals surface area (Å²) in [7, 11) is 0. The van der Waals surface area contributed by atoms with Gasteiger partial charge in [0.2, 0.25) is 0 Å². The van der Waals surface area contributed by atoms with Gasteiger partial charge >= 0.3 is 0 Å². The molecule has 4 aromatic rings. The van der Waals surface area contributed by atoms with E-state index in [0.29, 0.717) is 0 Å². The van der Waals surface area contributed by atoms with Gasteiger partial charge in [-0.1, -0.05) is 103 Å². The lowest BCUT2D eigenvalue weighted by Gasteiger charge is -2.37. The number of nitrogens with zero attached hydrogens (tertiary/aromatic N) is 1. The molecule has 31 heavy (non-hydrogen) atoms. The lowest BCUT2D eigenvalue weighted by molar-refractivity contribution is 0.589. The van der Waals surface area contributed by atoms with Crippen LogP contribution in [-0.4, -0.2) is 26.2 Å². The molecule has 0 amide bonds. The van der Waals surface area contributed by atoms with Crippen molar-refractivity contribution in [3.63, 3.8) is 0 Å². The van der Waals surface area contributed by atoms with E-state index in [1.807, 2.05) is 0 Å². The molecule has 0 aromatic heterocycles. The fourth-order valence-electron chi connectivity index (χ4n) is 4.91. The zero-order chi connectivity index (χ0) is 20.9. The van der Waals surface area contributed by atoms with Crippen molar-refractivity contribution >= 4 is 5.69 Å². The third-order valence-electron chi connectivity index (χ3n) is 6.40. The Hall–Kier alpha value is -3.36. The van der Waals surface area contributed by atoms with E-state index in [4.69, 9.17) is 0 Å². The quantitative estimate of drug-likeness (QED) is 0.443. The van der Waals surface area contributed by atoms with E-state index in [1.165, 1.54) is 27.9 Å². The van der Waals surface area contributed by atoms with Gasteiger partial charge in [-0.15, -0.1) is 0 Å². The smallest absolute Gasteiger partial charge is 0.0701 e. The molecule has 4 aromatic carbocycles. The van der Waals surface area contributed by atoms with E-state index in [-0.39, 0.29) is 5.41 Å². The molecule has 0 radical (unpaired) electrons. The van der Waals surface area contributed by atoms with Gasteiger partial charge in [0.05, 0.1) is 5.41 Å². The molecule has 1 N–H and O–H groups in total.